The predicted octanol–water partition coefficient (Wildman–Crippen LogP) is 4.32. The predicted molar refractivity (Wildman–Crippen MR) is 114 cm³/mol. The van der Waals surface area contributed by atoms with Gasteiger partial charge in [0.15, 0.2) is 11.6 Å². The monoisotopic (exact) mass is 442 g/mol. The molecule has 3 aromatic rings. The van der Waals surface area contributed by atoms with Crippen molar-refractivity contribution in [2.75, 3.05) is 18.5 Å². The lowest BCUT2D eigenvalue weighted by molar-refractivity contribution is -0.0582. The molecule has 0 spiro atoms. The molecule has 31 heavy (non-hydrogen) atoms. The summed E-state index contributed by atoms with van der Waals surface area (Å²) >= 11 is 6.05. The summed E-state index contributed by atoms with van der Waals surface area (Å²) in [6.45, 7) is 1.21. The number of aromatic nitrogens is 2. The lowest BCUT2D eigenvalue weighted by Crippen LogP contribution is -2.38. The van der Waals surface area contributed by atoms with E-state index in [0.29, 0.717) is 29.2 Å². The fourth-order valence-corrected chi connectivity index (χ4v) is 4.29. The van der Waals surface area contributed by atoms with Crippen molar-refractivity contribution in [1.29, 1.82) is 0 Å². The van der Waals surface area contributed by atoms with Crippen LogP contribution in [0.15, 0.2) is 36.7 Å². The Morgan fingerprint density at radius 3 is 2.94 bits per heavy atom. The zero-order valence-corrected chi connectivity index (χ0v) is 17.2. The Kier molecular flexibility index (Phi) is 5.03. The van der Waals surface area contributed by atoms with E-state index in [4.69, 9.17) is 16.3 Å². The number of carbonyl (C=O) groups excluding carboxylic acids is 1. The number of phenolic OH excluding ortho intramolecular Hbond substituents is 1. The van der Waals surface area contributed by atoms with Crippen molar-refractivity contribution in [1.82, 2.24) is 15.3 Å². The highest BCUT2D eigenvalue weighted by molar-refractivity contribution is 6.32. The van der Waals surface area contributed by atoms with Gasteiger partial charge in [-0.05, 0) is 31.0 Å². The second-order valence-corrected chi connectivity index (χ2v) is 8.11. The van der Waals surface area contributed by atoms with E-state index in [9.17, 15) is 14.3 Å². The topological polar surface area (TPSA) is 99.3 Å². The first-order valence-electron chi connectivity index (χ1n) is 10.0. The van der Waals surface area contributed by atoms with Crippen molar-refractivity contribution in [3.05, 3.63) is 58.8 Å². The number of fused-ring (bicyclic) bond motifs is 1. The van der Waals surface area contributed by atoms with Crippen LogP contribution < -0.4 is 10.6 Å². The van der Waals surface area contributed by atoms with E-state index in [-0.39, 0.29) is 34.3 Å². The Labute approximate surface area is 182 Å². The van der Waals surface area contributed by atoms with E-state index < -0.39 is 5.82 Å². The molecule has 0 radical (unpaired) electrons. The molecule has 2 aromatic heterocycles. The number of anilines is 2. The largest absolute Gasteiger partial charge is 0.504 e. The Morgan fingerprint density at radius 2 is 2.19 bits per heavy atom. The number of ether oxygens (including phenoxy) is 1. The molecule has 160 valence electrons. The molecule has 0 saturated carbocycles. The number of phenols is 1. The third-order valence-corrected chi connectivity index (χ3v) is 6.11. The zero-order chi connectivity index (χ0) is 21.5. The summed E-state index contributed by atoms with van der Waals surface area (Å²) < 4.78 is 20.3. The summed E-state index contributed by atoms with van der Waals surface area (Å²) in [6.07, 6.45) is 4.47. The van der Waals surface area contributed by atoms with Gasteiger partial charge in [-0.25, -0.2) is 4.39 Å². The minimum Gasteiger partial charge on any atom is -0.504 e. The molecule has 7 nitrogen and oxygen atoms in total. The van der Waals surface area contributed by atoms with Crippen molar-refractivity contribution in [3.8, 4) is 17.0 Å². The summed E-state index contributed by atoms with van der Waals surface area (Å²) in [7, 11) is 0. The Balaban J connectivity index is 1.66. The average Bonchev–Trinajstić information content (AvgIpc) is 3.10. The molecule has 2 aliphatic heterocycles. The maximum Gasteiger partial charge on any atom is 0.255 e. The maximum absolute atomic E-state index is 14.7. The second-order valence-electron chi connectivity index (χ2n) is 7.70. The van der Waals surface area contributed by atoms with Crippen LogP contribution in [0.5, 0.6) is 5.75 Å². The van der Waals surface area contributed by atoms with Crippen LogP contribution in [-0.2, 0) is 4.74 Å². The third kappa shape index (κ3) is 3.51. The van der Waals surface area contributed by atoms with E-state index in [1.807, 2.05) is 0 Å². The number of hydrogen-bond acceptors (Lipinski definition) is 5. The highest BCUT2D eigenvalue weighted by atomic mass is 35.5. The van der Waals surface area contributed by atoms with Gasteiger partial charge >= 0.3 is 0 Å². The van der Waals surface area contributed by atoms with Gasteiger partial charge in [-0.2, -0.15) is 0 Å². The summed E-state index contributed by atoms with van der Waals surface area (Å²) in [4.78, 5) is 20.0. The van der Waals surface area contributed by atoms with Crippen LogP contribution in [0.4, 0.5) is 15.8 Å². The smallest absolute Gasteiger partial charge is 0.255 e. The van der Waals surface area contributed by atoms with Crippen molar-refractivity contribution < 1.29 is 19.0 Å². The molecule has 4 heterocycles. The van der Waals surface area contributed by atoms with Gasteiger partial charge in [0.05, 0.1) is 40.0 Å². The molecule has 1 fully saturated rings. The van der Waals surface area contributed by atoms with E-state index in [2.05, 4.69) is 20.6 Å². The summed E-state index contributed by atoms with van der Waals surface area (Å²) in [5.74, 6) is -0.971. The number of para-hydroxylation sites is 1. The van der Waals surface area contributed by atoms with Crippen molar-refractivity contribution in [2.45, 2.75) is 24.9 Å². The Bertz CT molecular complexity index is 1160. The first kappa shape index (κ1) is 19.8. The fraction of sp³-hybridized carbons (Fsp3) is 0.273. The number of pyridine rings is 1. The molecule has 2 atom stereocenters. The van der Waals surface area contributed by atoms with Gasteiger partial charge in [0.25, 0.3) is 5.91 Å². The lowest BCUT2D eigenvalue weighted by Gasteiger charge is -2.32. The van der Waals surface area contributed by atoms with Crippen LogP contribution in [0, 0.1) is 5.82 Å². The Hall–Kier alpha value is -3.10. The zero-order valence-electron chi connectivity index (χ0n) is 16.4. The fourth-order valence-electron chi connectivity index (χ4n) is 4.11. The van der Waals surface area contributed by atoms with E-state index in [1.165, 1.54) is 12.3 Å². The van der Waals surface area contributed by atoms with Gasteiger partial charge in [-0.15, -0.1) is 0 Å². The number of aromatic hydroxyl groups is 1. The van der Waals surface area contributed by atoms with Gasteiger partial charge in [0.1, 0.15) is 0 Å². The van der Waals surface area contributed by atoms with Gasteiger partial charge in [-0.3, -0.25) is 9.78 Å². The lowest BCUT2D eigenvalue weighted by atomic mass is 9.89. The van der Waals surface area contributed by atoms with Crippen molar-refractivity contribution in [2.24, 2.45) is 0 Å². The number of nitrogens with zero attached hydrogens (tertiary/aromatic N) is 1. The number of nitrogens with one attached hydrogen (secondary N) is 3. The van der Waals surface area contributed by atoms with Crippen molar-refractivity contribution in [3.63, 3.8) is 0 Å². The normalized spacial score (nSPS) is 20.0. The van der Waals surface area contributed by atoms with Crippen LogP contribution in [-0.4, -0.2) is 40.2 Å². The molecule has 2 aliphatic rings. The van der Waals surface area contributed by atoms with Crippen LogP contribution in [0.2, 0.25) is 5.02 Å². The summed E-state index contributed by atoms with van der Waals surface area (Å²) in [5, 5.41) is 16.6. The molecule has 0 aliphatic carbocycles. The second kappa shape index (κ2) is 7.86. The summed E-state index contributed by atoms with van der Waals surface area (Å²) in [5.41, 5.74) is 2.45. The molecule has 1 saturated heterocycles. The minimum atomic E-state index is -0.529. The number of benzene rings is 1. The van der Waals surface area contributed by atoms with Gasteiger partial charge in [0.2, 0.25) is 0 Å². The molecule has 0 bridgehead atoms. The van der Waals surface area contributed by atoms with Crippen LogP contribution in [0.1, 0.15) is 34.8 Å². The van der Waals surface area contributed by atoms with E-state index in [0.717, 1.165) is 31.3 Å². The van der Waals surface area contributed by atoms with Crippen LogP contribution in [0.25, 0.3) is 11.3 Å². The van der Waals surface area contributed by atoms with E-state index in [1.54, 1.807) is 18.2 Å². The summed E-state index contributed by atoms with van der Waals surface area (Å²) in [6, 6.07) is 6.40. The number of carbonyl (C=O) groups is 1. The van der Waals surface area contributed by atoms with Gasteiger partial charge in [0, 0.05) is 36.5 Å². The number of H-pyrrole nitrogens is 1. The molecule has 0 unspecified atom stereocenters. The number of hydrogen-bond donors (Lipinski definition) is 4. The highest BCUT2D eigenvalue weighted by Crippen LogP contribution is 2.43. The van der Waals surface area contributed by atoms with Crippen LogP contribution >= 0.6 is 11.6 Å². The first-order valence-corrected chi connectivity index (χ1v) is 10.4. The first-order chi connectivity index (χ1) is 15.0. The average molecular weight is 443 g/mol. The molecule has 1 amide bonds. The number of aromatic amines is 1. The molecule has 4 N–H and O–H groups in total. The van der Waals surface area contributed by atoms with E-state index >= 15 is 0 Å². The third-order valence-electron chi connectivity index (χ3n) is 5.80. The number of amides is 1. The Morgan fingerprint density at radius 1 is 1.35 bits per heavy atom. The molecule has 5 rings (SSSR count). The number of halogens is 2. The molecule has 1 aromatic carbocycles. The molecular formula is C22H20ClFN4O3. The molecule has 9 heteroatoms. The van der Waals surface area contributed by atoms with Crippen LogP contribution in [0.3, 0.4) is 0 Å². The SMILES string of the molecule is O=C1NC[C@H](C[C@@H]2CCO2)c2[nH]c(-c3ccncc3F)c(Nc3cccc(Cl)c3O)c21. The minimum absolute atomic E-state index is 0.00911. The van der Waals surface area contributed by atoms with Gasteiger partial charge < -0.3 is 25.5 Å². The molecular weight excluding hydrogens is 423 g/mol. The van der Waals surface area contributed by atoms with Gasteiger partial charge in [-0.1, -0.05) is 17.7 Å². The highest BCUT2D eigenvalue weighted by Gasteiger charge is 2.35. The number of rotatable bonds is 5. The standard InChI is InChI=1S/C22H20ClFN4O3/c23-14-2-1-3-16(21(14)29)27-20-17-18(28-19(20)13-4-6-25-10-15(13)24)11(9-26-22(17)30)8-12-5-7-31-12/h1-4,6,10-12,27-29H,5,7-9H2,(H,26,30)/t11-,12-/m0/s1. The maximum atomic E-state index is 14.7. The van der Waals surface area contributed by atoms with Crippen molar-refractivity contribution >= 4 is 28.9 Å². The quantitative estimate of drug-likeness (QED) is 0.441.